The van der Waals surface area contributed by atoms with Gasteiger partial charge in [0.15, 0.2) is 10.8 Å². The van der Waals surface area contributed by atoms with Crippen LogP contribution in [-0.2, 0) is 6.42 Å². The van der Waals surface area contributed by atoms with Crippen molar-refractivity contribution in [3.8, 4) is 0 Å². The van der Waals surface area contributed by atoms with Gasteiger partial charge in [-0.05, 0) is 35.8 Å². The van der Waals surface area contributed by atoms with E-state index >= 15 is 0 Å². The van der Waals surface area contributed by atoms with Crippen molar-refractivity contribution in [2.75, 3.05) is 0 Å². The molecule has 0 bridgehead atoms. The first kappa shape index (κ1) is 11.7. The molecule has 0 amide bonds. The lowest BCUT2D eigenvalue weighted by Crippen LogP contribution is -2.00. The second-order valence-electron chi connectivity index (χ2n) is 5.92. The maximum atomic E-state index is 6.09. The molecule has 21 heavy (non-hydrogen) atoms. The Hall–Kier alpha value is -1.94. The summed E-state index contributed by atoms with van der Waals surface area (Å²) in [6, 6.07) is 8.79. The number of fused-ring (bicyclic) bond motifs is 4. The predicted molar refractivity (Wildman–Crippen MR) is 79.5 cm³/mol. The average molecular weight is 297 g/mol. The predicted octanol–water partition coefficient (Wildman–Crippen LogP) is 3.22. The van der Waals surface area contributed by atoms with Crippen LogP contribution < -0.4 is 0 Å². The molecular formula is C16H13ClN4. The first-order valence-electron chi connectivity index (χ1n) is 7.27. The Bertz CT molecular complexity index is 856. The van der Waals surface area contributed by atoms with Crippen molar-refractivity contribution in [2.45, 2.75) is 24.7 Å². The Balaban J connectivity index is 1.63. The third kappa shape index (κ3) is 1.54. The van der Waals surface area contributed by atoms with Crippen LogP contribution in [0.3, 0.4) is 0 Å². The standard InChI is InChI=1S/C16H13ClN4/c17-14-16-20-19-15(21(16)8-7-18-14)13-11-6-5-9-3-1-2-4-10(9)12(11)13/h1-4,7-8,11-13H,5-6H2. The van der Waals surface area contributed by atoms with Gasteiger partial charge in [0.05, 0.1) is 0 Å². The van der Waals surface area contributed by atoms with Crippen molar-refractivity contribution < 1.29 is 0 Å². The molecule has 5 rings (SSSR count). The third-order valence-electron chi connectivity index (χ3n) is 4.94. The zero-order chi connectivity index (χ0) is 14.0. The van der Waals surface area contributed by atoms with E-state index in [1.54, 1.807) is 6.20 Å². The van der Waals surface area contributed by atoms with Crippen molar-refractivity contribution in [2.24, 2.45) is 5.92 Å². The molecule has 3 unspecified atom stereocenters. The summed E-state index contributed by atoms with van der Waals surface area (Å²) in [6.07, 6.45) is 6.03. The first-order valence-corrected chi connectivity index (χ1v) is 7.65. The van der Waals surface area contributed by atoms with Crippen molar-refractivity contribution in [1.29, 1.82) is 0 Å². The summed E-state index contributed by atoms with van der Waals surface area (Å²) in [5.41, 5.74) is 3.65. The Morgan fingerprint density at radius 2 is 2.05 bits per heavy atom. The van der Waals surface area contributed by atoms with Gasteiger partial charge in [0, 0.05) is 18.3 Å². The van der Waals surface area contributed by atoms with Crippen molar-refractivity contribution in [1.82, 2.24) is 19.6 Å². The van der Waals surface area contributed by atoms with E-state index in [0.29, 0.717) is 28.6 Å². The topological polar surface area (TPSA) is 43.1 Å². The number of aromatic nitrogens is 4. The van der Waals surface area contributed by atoms with Crippen molar-refractivity contribution in [3.05, 3.63) is 58.8 Å². The van der Waals surface area contributed by atoms with Gasteiger partial charge in [-0.15, -0.1) is 10.2 Å². The van der Waals surface area contributed by atoms with Crippen LogP contribution in [0.25, 0.3) is 5.65 Å². The number of aryl methyl sites for hydroxylation is 1. The molecule has 2 aromatic heterocycles. The van der Waals surface area contributed by atoms with Crippen molar-refractivity contribution >= 4 is 17.2 Å². The molecule has 5 heteroatoms. The lowest BCUT2D eigenvalue weighted by molar-refractivity contribution is 0.653. The maximum absolute atomic E-state index is 6.09. The second kappa shape index (κ2) is 4.04. The minimum atomic E-state index is 0.417. The summed E-state index contributed by atoms with van der Waals surface area (Å²) in [6.45, 7) is 0. The van der Waals surface area contributed by atoms with Crippen LogP contribution in [0.4, 0.5) is 0 Å². The Kier molecular flexibility index (Phi) is 2.25. The Morgan fingerprint density at radius 1 is 1.14 bits per heavy atom. The number of benzene rings is 1. The SMILES string of the molecule is Clc1nccn2c(C3C4CCc5ccccc5C43)nnc12. The fourth-order valence-electron chi connectivity index (χ4n) is 3.96. The van der Waals surface area contributed by atoms with E-state index < -0.39 is 0 Å². The number of halogens is 1. The van der Waals surface area contributed by atoms with Gasteiger partial charge in [-0.2, -0.15) is 0 Å². The average Bonchev–Trinajstić information content (AvgIpc) is 3.10. The highest BCUT2D eigenvalue weighted by Crippen LogP contribution is 2.64. The van der Waals surface area contributed by atoms with Gasteiger partial charge in [-0.25, -0.2) is 4.98 Å². The lowest BCUT2D eigenvalue weighted by atomic mass is 9.92. The highest BCUT2D eigenvalue weighted by molar-refractivity contribution is 6.32. The molecule has 0 aliphatic heterocycles. The molecule has 2 aliphatic rings. The molecular weight excluding hydrogens is 284 g/mol. The molecule has 0 N–H and O–H groups in total. The molecule has 4 nitrogen and oxygen atoms in total. The van der Waals surface area contributed by atoms with Crippen LogP contribution in [0.2, 0.25) is 5.15 Å². The smallest absolute Gasteiger partial charge is 0.198 e. The molecule has 104 valence electrons. The van der Waals surface area contributed by atoms with Gasteiger partial charge in [0.25, 0.3) is 0 Å². The van der Waals surface area contributed by atoms with E-state index in [4.69, 9.17) is 11.6 Å². The van der Waals surface area contributed by atoms with Gasteiger partial charge >= 0.3 is 0 Å². The first-order chi connectivity index (χ1) is 10.3. The number of hydrogen-bond acceptors (Lipinski definition) is 3. The second-order valence-corrected chi connectivity index (χ2v) is 6.28. The van der Waals surface area contributed by atoms with E-state index in [1.807, 2.05) is 10.6 Å². The normalized spacial score (nSPS) is 26.4. The molecule has 1 aromatic carbocycles. The third-order valence-corrected chi connectivity index (χ3v) is 5.20. The summed E-state index contributed by atoms with van der Waals surface area (Å²) in [7, 11) is 0. The molecule has 0 radical (unpaired) electrons. The zero-order valence-electron chi connectivity index (χ0n) is 11.3. The lowest BCUT2D eigenvalue weighted by Gasteiger charge is -2.13. The molecule has 3 atom stereocenters. The number of nitrogens with zero attached hydrogens (tertiary/aromatic N) is 4. The van der Waals surface area contributed by atoms with Crippen LogP contribution >= 0.6 is 11.6 Å². The van der Waals surface area contributed by atoms with Gasteiger partial charge < -0.3 is 0 Å². The monoisotopic (exact) mass is 296 g/mol. The largest absolute Gasteiger partial charge is 0.282 e. The minimum Gasteiger partial charge on any atom is -0.282 e. The summed E-state index contributed by atoms with van der Waals surface area (Å²) < 4.78 is 2.00. The maximum Gasteiger partial charge on any atom is 0.198 e. The molecule has 2 heterocycles. The summed E-state index contributed by atoms with van der Waals surface area (Å²) >= 11 is 6.09. The molecule has 0 saturated heterocycles. The van der Waals surface area contributed by atoms with E-state index in [-0.39, 0.29) is 0 Å². The quantitative estimate of drug-likeness (QED) is 0.692. The fourth-order valence-corrected chi connectivity index (χ4v) is 4.15. The Labute approximate surface area is 126 Å². The van der Waals surface area contributed by atoms with Crippen LogP contribution in [0.15, 0.2) is 36.7 Å². The number of hydrogen-bond donors (Lipinski definition) is 0. The van der Waals surface area contributed by atoms with Crippen LogP contribution in [0.5, 0.6) is 0 Å². The molecule has 1 fully saturated rings. The molecule has 0 spiro atoms. The van der Waals surface area contributed by atoms with E-state index in [1.165, 1.54) is 24.0 Å². The van der Waals surface area contributed by atoms with Crippen LogP contribution in [0.1, 0.15) is 35.2 Å². The van der Waals surface area contributed by atoms with Gasteiger partial charge in [0.1, 0.15) is 5.82 Å². The van der Waals surface area contributed by atoms with Gasteiger partial charge in [-0.1, -0.05) is 35.9 Å². The van der Waals surface area contributed by atoms with E-state index in [2.05, 4.69) is 39.4 Å². The van der Waals surface area contributed by atoms with Crippen molar-refractivity contribution in [3.63, 3.8) is 0 Å². The minimum absolute atomic E-state index is 0.417. The number of rotatable bonds is 1. The molecule has 1 saturated carbocycles. The van der Waals surface area contributed by atoms with Crippen LogP contribution in [-0.4, -0.2) is 19.6 Å². The molecule has 2 aliphatic carbocycles. The summed E-state index contributed by atoms with van der Waals surface area (Å²) in [5, 5.41) is 9.03. The fraction of sp³-hybridized carbons (Fsp3) is 0.312. The van der Waals surface area contributed by atoms with E-state index in [0.717, 1.165) is 5.82 Å². The molecule has 3 aromatic rings. The van der Waals surface area contributed by atoms with Gasteiger partial charge in [0.2, 0.25) is 0 Å². The Morgan fingerprint density at radius 3 is 3.00 bits per heavy atom. The highest BCUT2D eigenvalue weighted by atomic mass is 35.5. The van der Waals surface area contributed by atoms with Gasteiger partial charge in [-0.3, -0.25) is 4.40 Å². The van der Waals surface area contributed by atoms with Crippen LogP contribution in [0, 0.1) is 5.92 Å². The highest BCUT2D eigenvalue weighted by Gasteiger charge is 2.55. The van der Waals surface area contributed by atoms with E-state index in [9.17, 15) is 0 Å². The zero-order valence-corrected chi connectivity index (χ0v) is 12.0. The summed E-state index contributed by atoms with van der Waals surface area (Å²) in [4.78, 5) is 4.07. The summed E-state index contributed by atoms with van der Waals surface area (Å²) in [5.74, 6) is 2.77.